The third-order valence-electron chi connectivity index (χ3n) is 5.35. The molecule has 0 aromatic heterocycles. The second-order valence-corrected chi connectivity index (χ2v) is 6.78. The zero-order valence-corrected chi connectivity index (χ0v) is 13.8. The van der Waals surface area contributed by atoms with Crippen molar-refractivity contribution < 1.29 is 14.8 Å². The van der Waals surface area contributed by atoms with Crippen molar-refractivity contribution in [3.63, 3.8) is 0 Å². The Kier molecular flexibility index (Phi) is 4.01. The van der Waals surface area contributed by atoms with Gasteiger partial charge in [-0.05, 0) is 41.7 Å². The van der Waals surface area contributed by atoms with Crippen LogP contribution >= 0.6 is 0 Å². The van der Waals surface area contributed by atoms with E-state index in [1.807, 2.05) is 47.4 Å². The maximum absolute atomic E-state index is 12.8. The number of amides is 2. The first-order valence-corrected chi connectivity index (χ1v) is 8.59. The number of fused-ring (bicyclic) bond motifs is 2. The summed E-state index contributed by atoms with van der Waals surface area (Å²) in [7, 11) is 0. The van der Waals surface area contributed by atoms with Gasteiger partial charge >= 0.3 is 0 Å². The Labute approximate surface area is 146 Å². The van der Waals surface area contributed by atoms with Crippen LogP contribution in [0.5, 0.6) is 0 Å². The molecular weight excluding hydrogens is 316 g/mol. The Morgan fingerprint density at radius 1 is 1.08 bits per heavy atom. The molecule has 0 saturated carbocycles. The van der Waals surface area contributed by atoms with Crippen molar-refractivity contribution in [1.29, 1.82) is 0 Å². The van der Waals surface area contributed by atoms with Crippen molar-refractivity contribution in [2.45, 2.75) is 31.2 Å². The van der Waals surface area contributed by atoms with E-state index in [0.29, 0.717) is 17.9 Å². The number of benzene rings is 2. The van der Waals surface area contributed by atoms with Gasteiger partial charge < -0.3 is 4.90 Å². The van der Waals surface area contributed by atoms with Crippen LogP contribution in [0.15, 0.2) is 48.5 Å². The number of carbonyl (C=O) groups excluding carboxylic acids is 2. The number of carbonyl (C=O) groups is 2. The summed E-state index contributed by atoms with van der Waals surface area (Å²) in [4.78, 5) is 26.5. The minimum absolute atomic E-state index is 0.0163. The number of hydrogen-bond donors (Lipinski definition) is 2. The summed E-state index contributed by atoms with van der Waals surface area (Å²) in [6, 6.07) is 15.3. The molecule has 2 aliphatic heterocycles. The van der Waals surface area contributed by atoms with Gasteiger partial charge in [0.25, 0.3) is 5.91 Å². The van der Waals surface area contributed by atoms with Gasteiger partial charge in [0.1, 0.15) is 0 Å². The molecule has 1 saturated heterocycles. The molecule has 0 spiro atoms. The molecule has 128 valence electrons. The van der Waals surface area contributed by atoms with Crippen molar-refractivity contribution in [3.05, 3.63) is 70.8 Å². The Hall–Kier alpha value is -2.66. The predicted octanol–water partition coefficient (Wildman–Crippen LogP) is 2.81. The maximum atomic E-state index is 12.8. The van der Waals surface area contributed by atoms with E-state index >= 15 is 0 Å². The fraction of sp³-hybridized carbons (Fsp3) is 0.300. The van der Waals surface area contributed by atoms with E-state index in [1.165, 1.54) is 5.56 Å². The summed E-state index contributed by atoms with van der Waals surface area (Å²) in [6.45, 7) is 0.745. The average Bonchev–Trinajstić information content (AvgIpc) is 2.68. The first kappa shape index (κ1) is 15.8. The van der Waals surface area contributed by atoms with Gasteiger partial charge in [0.05, 0.1) is 12.5 Å². The lowest BCUT2D eigenvalue weighted by Gasteiger charge is -2.47. The highest BCUT2D eigenvalue weighted by molar-refractivity contribution is 5.93. The summed E-state index contributed by atoms with van der Waals surface area (Å²) in [5, 5.41) is 8.86. The van der Waals surface area contributed by atoms with E-state index in [4.69, 9.17) is 5.21 Å². The quantitative estimate of drug-likeness (QED) is 0.669. The molecule has 2 bridgehead atoms. The highest BCUT2D eigenvalue weighted by Gasteiger charge is 2.40. The molecule has 2 aromatic carbocycles. The Morgan fingerprint density at radius 3 is 2.64 bits per heavy atom. The van der Waals surface area contributed by atoms with Gasteiger partial charge in [0, 0.05) is 18.0 Å². The predicted molar refractivity (Wildman–Crippen MR) is 92.3 cm³/mol. The van der Waals surface area contributed by atoms with Gasteiger partial charge in [0.15, 0.2) is 0 Å². The van der Waals surface area contributed by atoms with Crippen molar-refractivity contribution in [2.24, 2.45) is 0 Å². The van der Waals surface area contributed by atoms with Crippen LogP contribution in [0.2, 0.25) is 0 Å². The molecule has 2 aromatic rings. The van der Waals surface area contributed by atoms with Crippen LogP contribution in [0.3, 0.4) is 0 Å². The molecule has 0 radical (unpaired) electrons. The fourth-order valence-electron chi connectivity index (χ4n) is 4.14. The minimum Gasteiger partial charge on any atom is -0.335 e. The summed E-state index contributed by atoms with van der Waals surface area (Å²) in [5.74, 6) is -0.0686. The van der Waals surface area contributed by atoms with Crippen molar-refractivity contribution in [1.82, 2.24) is 10.4 Å². The molecule has 5 heteroatoms. The third-order valence-corrected chi connectivity index (χ3v) is 5.35. The number of rotatable bonds is 3. The second kappa shape index (κ2) is 6.33. The Balaban J connectivity index is 1.62. The molecule has 2 heterocycles. The first-order valence-electron chi connectivity index (χ1n) is 8.59. The minimum atomic E-state index is -0.522. The molecule has 5 rings (SSSR count). The van der Waals surface area contributed by atoms with Crippen molar-refractivity contribution >= 4 is 11.8 Å². The molecule has 2 amide bonds. The topological polar surface area (TPSA) is 69.6 Å². The molecule has 3 aliphatic rings. The third kappa shape index (κ3) is 2.81. The molecular formula is C20H20N2O3. The van der Waals surface area contributed by atoms with Crippen molar-refractivity contribution in [3.8, 4) is 0 Å². The van der Waals surface area contributed by atoms with Crippen LogP contribution in [0.4, 0.5) is 0 Å². The monoisotopic (exact) mass is 336 g/mol. The normalized spacial score (nSPS) is 20.9. The zero-order valence-electron chi connectivity index (χ0n) is 13.8. The van der Waals surface area contributed by atoms with Crippen LogP contribution in [0.1, 0.15) is 51.8 Å². The molecule has 5 nitrogen and oxygen atoms in total. The molecule has 2 N–H and O–H groups in total. The standard InChI is InChI=1S/C20H20N2O3/c23-19(10-13-4-2-1-3-5-13)22-12-15-7-9-18(22)17-11-14(20(24)21-25)6-8-16(15)17/h1-6,8,11,15,18,25H,7,9-10,12H2,(H,21,24). The Morgan fingerprint density at radius 2 is 1.88 bits per heavy atom. The molecule has 1 fully saturated rings. The maximum Gasteiger partial charge on any atom is 0.274 e. The van der Waals surface area contributed by atoms with E-state index in [1.54, 1.807) is 11.5 Å². The van der Waals surface area contributed by atoms with E-state index in [-0.39, 0.29) is 11.9 Å². The van der Waals surface area contributed by atoms with Crippen LogP contribution in [0.25, 0.3) is 0 Å². The van der Waals surface area contributed by atoms with E-state index in [9.17, 15) is 9.59 Å². The van der Waals surface area contributed by atoms with E-state index < -0.39 is 5.91 Å². The van der Waals surface area contributed by atoms with Crippen LogP contribution < -0.4 is 5.48 Å². The SMILES string of the molecule is O=C(NO)c1ccc2c(c1)C1CCC2CN1C(=O)Cc1ccccc1. The number of hydroxylamine groups is 1. The van der Waals surface area contributed by atoms with Gasteiger partial charge in [-0.3, -0.25) is 14.8 Å². The number of piperidine rings is 1. The summed E-state index contributed by atoms with van der Waals surface area (Å²) < 4.78 is 0. The van der Waals surface area contributed by atoms with Crippen LogP contribution in [-0.2, 0) is 11.2 Å². The first-order chi connectivity index (χ1) is 12.2. The fourth-order valence-corrected chi connectivity index (χ4v) is 4.14. The highest BCUT2D eigenvalue weighted by Crippen LogP contribution is 2.47. The van der Waals surface area contributed by atoms with Crippen molar-refractivity contribution in [2.75, 3.05) is 6.54 Å². The van der Waals surface area contributed by atoms with Gasteiger partial charge in [-0.25, -0.2) is 5.48 Å². The zero-order chi connectivity index (χ0) is 17.4. The van der Waals surface area contributed by atoms with E-state index in [0.717, 1.165) is 30.5 Å². The summed E-state index contributed by atoms with van der Waals surface area (Å²) in [5.41, 5.74) is 5.39. The van der Waals surface area contributed by atoms with Gasteiger partial charge in [-0.2, -0.15) is 0 Å². The second-order valence-electron chi connectivity index (χ2n) is 6.78. The lowest BCUT2D eigenvalue weighted by Crippen LogP contribution is -2.46. The summed E-state index contributed by atoms with van der Waals surface area (Å²) >= 11 is 0. The lowest BCUT2D eigenvalue weighted by molar-refractivity contribution is -0.135. The number of hydrogen-bond acceptors (Lipinski definition) is 3. The molecule has 1 aliphatic carbocycles. The Bertz CT molecular complexity index is 819. The largest absolute Gasteiger partial charge is 0.335 e. The lowest BCUT2D eigenvalue weighted by atomic mass is 9.74. The van der Waals surface area contributed by atoms with Crippen LogP contribution in [0, 0.1) is 0 Å². The summed E-state index contributed by atoms with van der Waals surface area (Å²) in [6.07, 6.45) is 2.39. The molecule has 25 heavy (non-hydrogen) atoms. The average molecular weight is 336 g/mol. The van der Waals surface area contributed by atoms with Crippen LogP contribution in [-0.4, -0.2) is 28.5 Å². The highest BCUT2D eigenvalue weighted by atomic mass is 16.5. The van der Waals surface area contributed by atoms with Gasteiger partial charge in [0.2, 0.25) is 5.91 Å². The molecule has 2 atom stereocenters. The number of nitrogens with one attached hydrogen (secondary N) is 1. The van der Waals surface area contributed by atoms with Gasteiger partial charge in [-0.15, -0.1) is 0 Å². The number of nitrogens with zero attached hydrogens (tertiary/aromatic N) is 1. The van der Waals surface area contributed by atoms with E-state index in [2.05, 4.69) is 0 Å². The molecule has 2 unspecified atom stereocenters. The van der Waals surface area contributed by atoms with Gasteiger partial charge in [-0.1, -0.05) is 36.4 Å². The smallest absolute Gasteiger partial charge is 0.274 e.